The summed E-state index contributed by atoms with van der Waals surface area (Å²) in [5.74, 6) is 0.775. The lowest BCUT2D eigenvalue weighted by atomic mass is 10.0. The second kappa shape index (κ2) is 7.10. The number of hydrogen-bond donors (Lipinski definition) is 1. The van der Waals surface area contributed by atoms with E-state index in [9.17, 15) is 0 Å². The molecule has 0 saturated heterocycles. The van der Waals surface area contributed by atoms with Gasteiger partial charge in [-0.2, -0.15) is 5.10 Å². The van der Waals surface area contributed by atoms with Gasteiger partial charge in [-0.15, -0.1) is 0 Å². The molecule has 0 radical (unpaired) electrons. The molecule has 0 spiro atoms. The monoisotopic (exact) mass is 257 g/mol. The Labute approximate surface area is 115 Å². The van der Waals surface area contributed by atoms with Crippen molar-refractivity contribution in [3.63, 3.8) is 0 Å². The third-order valence-corrected chi connectivity index (χ3v) is 3.65. The number of nitrogens with zero attached hydrogens (tertiary/aromatic N) is 2. The van der Waals surface area contributed by atoms with Gasteiger partial charge in [-0.25, -0.2) is 4.68 Å². The minimum atomic E-state index is 0.775. The number of rotatable bonds is 7. The van der Waals surface area contributed by atoms with Crippen LogP contribution >= 0.6 is 0 Å². The van der Waals surface area contributed by atoms with E-state index in [-0.39, 0.29) is 0 Å². The Bertz CT molecular complexity index is 472. The minimum absolute atomic E-state index is 0.775. The molecule has 2 aromatic rings. The van der Waals surface area contributed by atoms with Crippen LogP contribution in [-0.4, -0.2) is 16.3 Å². The molecule has 0 aliphatic rings. The second-order valence-corrected chi connectivity index (χ2v) is 4.89. The van der Waals surface area contributed by atoms with Gasteiger partial charge in [0.15, 0.2) is 0 Å². The summed E-state index contributed by atoms with van der Waals surface area (Å²) in [5, 5.41) is 7.88. The lowest BCUT2D eigenvalue weighted by Gasteiger charge is -2.15. The van der Waals surface area contributed by atoms with E-state index < -0.39 is 0 Å². The van der Waals surface area contributed by atoms with Crippen LogP contribution in [-0.2, 0) is 6.54 Å². The van der Waals surface area contributed by atoms with Crippen LogP contribution in [0.5, 0.6) is 0 Å². The lowest BCUT2D eigenvalue weighted by molar-refractivity contribution is 0.449. The van der Waals surface area contributed by atoms with Crippen LogP contribution in [0.2, 0.25) is 0 Å². The van der Waals surface area contributed by atoms with E-state index in [1.807, 2.05) is 23.1 Å². The van der Waals surface area contributed by atoms with Crippen molar-refractivity contribution in [3.8, 4) is 5.69 Å². The molecule has 0 atom stereocenters. The van der Waals surface area contributed by atoms with Gasteiger partial charge in [0.1, 0.15) is 0 Å². The molecular formula is C16H23N3. The number of benzene rings is 1. The molecule has 0 aliphatic carbocycles. The van der Waals surface area contributed by atoms with Gasteiger partial charge in [-0.05, 0) is 30.2 Å². The van der Waals surface area contributed by atoms with E-state index >= 15 is 0 Å². The molecular weight excluding hydrogens is 234 g/mol. The van der Waals surface area contributed by atoms with Crippen LogP contribution in [0.4, 0.5) is 0 Å². The Balaban J connectivity index is 2.01. The van der Waals surface area contributed by atoms with Crippen molar-refractivity contribution in [2.45, 2.75) is 33.2 Å². The van der Waals surface area contributed by atoms with Crippen molar-refractivity contribution in [1.29, 1.82) is 0 Å². The fraction of sp³-hybridized carbons (Fsp3) is 0.438. The molecule has 0 unspecified atom stereocenters. The molecule has 2 rings (SSSR count). The van der Waals surface area contributed by atoms with Crippen molar-refractivity contribution in [3.05, 3.63) is 48.3 Å². The molecule has 19 heavy (non-hydrogen) atoms. The van der Waals surface area contributed by atoms with E-state index in [0.717, 1.165) is 24.7 Å². The van der Waals surface area contributed by atoms with E-state index in [2.05, 4.69) is 48.5 Å². The first-order chi connectivity index (χ1) is 9.35. The largest absolute Gasteiger partial charge is 0.312 e. The predicted molar refractivity (Wildman–Crippen MR) is 79.3 cm³/mol. The fourth-order valence-corrected chi connectivity index (χ4v) is 2.28. The highest BCUT2D eigenvalue weighted by Gasteiger charge is 2.06. The van der Waals surface area contributed by atoms with Crippen LogP contribution in [0, 0.1) is 5.92 Å². The van der Waals surface area contributed by atoms with Crippen molar-refractivity contribution in [2.24, 2.45) is 5.92 Å². The third kappa shape index (κ3) is 3.67. The maximum atomic E-state index is 4.31. The first-order valence-electron chi connectivity index (χ1n) is 7.13. The Morgan fingerprint density at radius 1 is 1.16 bits per heavy atom. The predicted octanol–water partition coefficient (Wildman–Crippen LogP) is 3.40. The van der Waals surface area contributed by atoms with E-state index in [0.29, 0.717) is 0 Å². The summed E-state index contributed by atoms with van der Waals surface area (Å²) in [7, 11) is 0. The van der Waals surface area contributed by atoms with E-state index in [1.54, 1.807) is 0 Å². The number of aromatic nitrogens is 2. The molecule has 1 aromatic carbocycles. The van der Waals surface area contributed by atoms with Crippen LogP contribution < -0.4 is 5.32 Å². The topological polar surface area (TPSA) is 29.9 Å². The highest BCUT2D eigenvalue weighted by atomic mass is 15.3. The van der Waals surface area contributed by atoms with Crippen molar-refractivity contribution in [2.75, 3.05) is 6.54 Å². The number of para-hydroxylation sites is 1. The van der Waals surface area contributed by atoms with Crippen molar-refractivity contribution >= 4 is 0 Å². The average Bonchev–Trinajstić information content (AvgIpc) is 2.98. The summed E-state index contributed by atoms with van der Waals surface area (Å²) in [4.78, 5) is 0. The molecule has 0 saturated carbocycles. The minimum Gasteiger partial charge on any atom is -0.312 e. The quantitative estimate of drug-likeness (QED) is 0.824. The number of hydrogen-bond acceptors (Lipinski definition) is 2. The summed E-state index contributed by atoms with van der Waals surface area (Å²) < 4.78 is 1.92. The molecule has 1 N–H and O–H groups in total. The van der Waals surface area contributed by atoms with Gasteiger partial charge in [0, 0.05) is 18.9 Å². The summed E-state index contributed by atoms with van der Waals surface area (Å²) in [5.41, 5.74) is 2.45. The van der Waals surface area contributed by atoms with Crippen LogP contribution in [0.25, 0.3) is 5.69 Å². The van der Waals surface area contributed by atoms with Gasteiger partial charge in [0.25, 0.3) is 0 Å². The first-order valence-corrected chi connectivity index (χ1v) is 7.13. The summed E-state index contributed by atoms with van der Waals surface area (Å²) >= 11 is 0. The molecule has 102 valence electrons. The Morgan fingerprint density at radius 2 is 1.95 bits per heavy atom. The zero-order valence-corrected chi connectivity index (χ0v) is 11.8. The summed E-state index contributed by atoms with van der Waals surface area (Å²) in [6.45, 7) is 6.49. The zero-order valence-electron chi connectivity index (χ0n) is 11.8. The van der Waals surface area contributed by atoms with Crippen LogP contribution in [0.1, 0.15) is 32.3 Å². The zero-order chi connectivity index (χ0) is 13.5. The maximum absolute atomic E-state index is 4.31. The molecule has 0 fully saturated rings. The third-order valence-electron chi connectivity index (χ3n) is 3.65. The number of nitrogens with one attached hydrogen (secondary N) is 1. The van der Waals surface area contributed by atoms with Gasteiger partial charge < -0.3 is 5.32 Å². The fourth-order valence-electron chi connectivity index (χ4n) is 2.28. The molecule has 3 nitrogen and oxygen atoms in total. The molecule has 1 heterocycles. The Hall–Kier alpha value is -1.61. The van der Waals surface area contributed by atoms with Crippen molar-refractivity contribution in [1.82, 2.24) is 15.1 Å². The van der Waals surface area contributed by atoms with E-state index in [1.165, 1.54) is 18.4 Å². The highest BCUT2D eigenvalue weighted by Crippen LogP contribution is 2.13. The molecule has 3 heteroatoms. The average molecular weight is 257 g/mol. The standard InChI is InChI=1S/C16H23N3/c1-3-14(4-2)12-17-13-15-8-5-6-9-16(15)19-11-7-10-18-19/h5-11,14,17H,3-4,12-13H2,1-2H3. The normalized spacial score (nSPS) is 11.1. The van der Waals surface area contributed by atoms with Crippen LogP contribution in [0.15, 0.2) is 42.7 Å². The Morgan fingerprint density at radius 3 is 2.63 bits per heavy atom. The van der Waals surface area contributed by atoms with Gasteiger partial charge >= 0.3 is 0 Å². The molecule has 0 aliphatic heterocycles. The SMILES string of the molecule is CCC(CC)CNCc1ccccc1-n1cccn1. The van der Waals surface area contributed by atoms with E-state index in [4.69, 9.17) is 0 Å². The van der Waals surface area contributed by atoms with Crippen molar-refractivity contribution < 1.29 is 0 Å². The van der Waals surface area contributed by atoms with Gasteiger partial charge in [-0.1, -0.05) is 44.9 Å². The lowest BCUT2D eigenvalue weighted by Crippen LogP contribution is -2.22. The maximum Gasteiger partial charge on any atom is 0.0690 e. The second-order valence-electron chi connectivity index (χ2n) is 4.89. The highest BCUT2D eigenvalue weighted by molar-refractivity contribution is 5.40. The summed E-state index contributed by atoms with van der Waals surface area (Å²) in [6, 6.07) is 10.4. The molecule has 0 bridgehead atoms. The Kier molecular flexibility index (Phi) is 5.16. The van der Waals surface area contributed by atoms with Gasteiger partial charge in [0.05, 0.1) is 5.69 Å². The van der Waals surface area contributed by atoms with Gasteiger partial charge in [0.2, 0.25) is 0 Å². The molecule has 1 aromatic heterocycles. The van der Waals surface area contributed by atoms with Crippen LogP contribution in [0.3, 0.4) is 0 Å². The molecule has 0 amide bonds. The van der Waals surface area contributed by atoms with Gasteiger partial charge in [-0.3, -0.25) is 0 Å². The summed E-state index contributed by atoms with van der Waals surface area (Å²) in [6.07, 6.45) is 6.28. The first kappa shape index (κ1) is 13.8. The smallest absolute Gasteiger partial charge is 0.0690 e.